The van der Waals surface area contributed by atoms with Gasteiger partial charge in [-0.3, -0.25) is 0 Å². The van der Waals surface area contributed by atoms with Crippen molar-refractivity contribution in [1.82, 2.24) is 10.2 Å². The lowest BCUT2D eigenvalue weighted by Crippen LogP contribution is -2.25. The molecule has 6 heteroatoms. The van der Waals surface area contributed by atoms with Crippen LogP contribution in [0.2, 0.25) is 0 Å². The molecule has 0 spiro atoms. The molecular formula is C14H20N4O2. The molecule has 0 amide bonds. The number of nitrogens with one attached hydrogen (secondary N) is 1. The van der Waals surface area contributed by atoms with Gasteiger partial charge >= 0.3 is 0 Å². The Kier molecular flexibility index (Phi) is 5.27. The van der Waals surface area contributed by atoms with Gasteiger partial charge < -0.3 is 4.74 Å². The zero-order chi connectivity index (χ0) is 14.4. The van der Waals surface area contributed by atoms with Crippen molar-refractivity contribution in [2.45, 2.75) is 52.2 Å². The van der Waals surface area contributed by atoms with Crippen LogP contribution < -0.4 is 5.48 Å². The summed E-state index contributed by atoms with van der Waals surface area (Å²) in [4.78, 5) is 5.46. The van der Waals surface area contributed by atoms with Crippen LogP contribution in [0.25, 0.3) is 0 Å². The van der Waals surface area contributed by atoms with Gasteiger partial charge in [0.05, 0.1) is 5.69 Å². The summed E-state index contributed by atoms with van der Waals surface area (Å²) in [6, 6.07) is 2.19. The summed E-state index contributed by atoms with van der Waals surface area (Å²) < 4.78 is 5.46. The predicted molar refractivity (Wildman–Crippen MR) is 73.8 cm³/mol. The van der Waals surface area contributed by atoms with E-state index >= 15 is 0 Å². The molecule has 1 atom stereocenters. The quantitative estimate of drug-likeness (QED) is 0.831. The van der Waals surface area contributed by atoms with Crippen molar-refractivity contribution in [2.24, 2.45) is 0 Å². The molecule has 20 heavy (non-hydrogen) atoms. The first-order chi connectivity index (χ1) is 9.80. The fourth-order valence-corrected chi connectivity index (χ4v) is 2.29. The lowest BCUT2D eigenvalue weighted by atomic mass is 10.0. The average Bonchev–Trinajstić information content (AvgIpc) is 2.52. The second-order valence-corrected chi connectivity index (χ2v) is 4.68. The standard InChI is InChI=1S/C14H20N4O2/c1-3-10-11(9-15)14(17-16-12(10)4-2)18-20-13-7-5-6-8-19-13/h13H,3-8H2,1-2H3,(H,17,18). The number of nitriles is 1. The monoisotopic (exact) mass is 276 g/mol. The van der Waals surface area contributed by atoms with Gasteiger partial charge in [0, 0.05) is 13.0 Å². The van der Waals surface area contributed by atoms with E-state index in [9.17, 15) is 5.26 Å². The molecule has 0 radical (unpaired) electrons. The van der Waals surface area contributed by atoms with Crippen molar-refractivity contribution < 1.29 is 9.57 Å². The number of ether oxygens (including phenoxy) is 1. The molecule has 1 unspecified atom stereocenters. The van der Waals surface area contributed by atoms with Crippen LogP contribution in [-0.4, -0.2) is 23.1 Å². The van der Waals surface area contributed by atoms with Crippen molar-refractivity contribution in [3.63, 3.8) is 0 Å². The smallest absolute Gasteiger partial charge is 0.190 e. The van der Waals surface area contributed by atoms with Gasteiger partial charge in [-0.05, 0) is 31.2 Å². The minimum absolute atomic E-state index is 0.284. The Morgan fingerprint density at radius 1 is 1.35 bits per heavy atom. The molecule has 1 aliphatic rings. The highest BCUT2D eigenvalue weighted by atomic mass is 16.8. The van der Waals surface area contributed by atoms with Gasteiger partial charge in [0.25, 0.3) is 0 Å². The van der Waals surface area contributed by atoms with Crippen molar-refractivity contribution in [3.8, 4) is 6.07 Å². The van der Waals surface area contributed by atoms with Crippen molar-refractivity contribution in [1.29, 1.82) is 5.26 Å². The summed E-state index contributed by atoms with van der Waals surface area (Å²) >= 11 is 0. The van der Waals surface area contributed by atoms with Crippen LogP contribution >= 0.6 is 0 Å². The maximum absolute atomic E-state index is 9.34. The fraction of sp³-hybridized carbons (Fsp3) is 0.643. The first kappa shape index (κ1) is 14.7. The molecule has 2 rings (SSSR count). The summed E-state index contributed by atoms with van der Waals surface area (Å²) in [5, 5.41) is 17.5. The highest BCUT2D eigenvalue weighted by molar-refractivity contribution is 5.55. The van der Waals surface area contributed by atoms with Crippen molar-refractivity contribution in [2.75, 3.05) is 12.1 Å². The molecule has 0 aromatic carbocycles. The number of hydrogen-bond acceptors (Lipinski definition) is 6. The second kappa shape index (κ2) is 7.17. The highest BCUT2D eigenvalue weighted by Crippen LogP contribution is 2.21. The zero-order valence-corrected chi connectivity index (χ0v) is 12.0. The van der Waals surface area contributed by atoms with Gasteiger partial charge in [-0.2, -0.15) is 10.4 Å². The number of aromatic nitrogens is 2. The first-order valence-corrected chi connectivity index (χ1v) is 7.11. The summed E-state index contributed by atoms with van der Waals surface area (Å²) in [6.07, 6.45) is 4.21. The van der Waals surface area contributed by atoms with E-state index in [4.69, 9.17) is 9.57 Å². The third-order valence-electron chi connectivity index (χ3n) is 3.38. The summed E-state index contributed by atoms with van der Waals surface area (Å²) in [7, 11) is 0. The van der Waals surface area contributed by atoms with Gasteiger partial charge in [0.2, 0.25) is 0 Å². The first-order valence-electron chi connectivity index (χ1n) is 7.11. The topological polar surface area (TPSA) is 80.1 Å². The molecule has 1 aromatic rings. The van der Waals surface area contributed by atoms with Gasteiger partial charge in [-0.25, -0.2) is 10.3 Å². The molecule has 6 nitrogen and oxygen atoms in total. The molecule has 1 fully saturated rings. The van der Waals surface area contributed by atoms with E-state index in [0.717, 1.165) is 43.4 Å². The molecule has 0 aliphatic carbocycles. The van der Waals surface area contributed by atoms with Crippen molar-refractivity contribution >= 4 is 5.82 Å². The number of aryl methyl sites for hydroxylation is 1. The molecule has 108 valence electrons. The Labute approximate surface area is 119 Å². The normalized spacial score (nSPS) is 18.6. The van der Waals surface area contributed by atoms with E-state index in [1.165, 1.54) is 0 Å². The van der Waals surface area contributed by atoms with Crippen LogP contribution in [0.3, 0.4) is 0 Å². The van der Waals surface area contributed by atoms with E-state index in [1.54, 1.807) is 0 Å². The van der Waals surface area contributed by atoms with Crippen LogP contribution in [0.4, 0.5) is 5.82 Å². The minimum Gasteiger partial charge on any atom is -0.350 e. The molecule has 1 N–H and O–H groups in total. The highest BCUT2D eigenvalue weighted by Gasteiger charge is 2.18. The molecule has 1 saturated heterocycles. The Bertz CT molecular complexity index is 493. The van der Waals surface area contributed by atoms with E-state index in [-0.39, 0.29) is 6.29 Å². The minimum atomic E-state index is -0.284. The number of nitrogens with zero attached hydrogens (tertiary/aromatic N) is 3. The SMILES string of the molecule is CCc1nnc(NOC2CCCCO2)c(C#N)c1CC. The van der Waals surface area contributed by atoms with Gasteiger partial charge in [0.15, 0.2) is 12.1 Å². The summed E-state index contributed by atoms with van der Waals surface area (Å²) in [5.74, 6) is 0.371. The Balaban J connectivity index is 2.12. The fourth-order valence-electron chi connectivity index (χ4n) is 2.29. The third kappa shape index (κ3) is 3.24. The van der Waals surface area contributed by atoms with Gasteiger partial charge in [-0.1, -0.05) is 13.8 Å². The van der Waals surface area contributed by atoms with E-state index < -0.39 is 0 Å². The molecule has 0 bridgehead atoms. The molecular weight excluding hydrogens is 256 g/mol. The largest absolute Gasteiger partial charge is 0.350 e. The summed E-state index contributed by atoms with van der Waals surface area (Å²) in [5.41, 5.74) is 5.04. The number of anilines is 1. The lowest BCUT2D eigenvalue weighted by molar-refractivity contribution is -0.145. The van der Waals surface area contributed by atoms with Gasteiger partial charge in [-0.15, -0.1) is 5.10 Å². The van der Waals surface area contributed by atoms with Crippen LogP contribution in [-0.2, 0) is 22.4 Å². The number of rotatable bonds is 5. The Hall–Kier alpha value is -1.71. The molecule has 1 aliphatic heterocycles. The van der Waals surface area contributed by atoms with E-state index in [2.05, 4.69) is 21.7 Å². The average molecular weight is 276 g/mol. The van der Waals surface area contributed by atoms with Crippen molar-refractivity contribution in [3.05, 3.63) is 16.8 Å². The van der Waals surface area contributed by atoms with Crippen LogP contribution in [0, 0.1) is 11.3 Å². The maximum atomic E-state index is 9.34. The van der Waals surface area contributed by atoms with E-state index in [1.807, 2.05) is 13.8 Å². The molecule has 2 heterocycles. The second-order valence-electron chi connectivity index (χ2n) is 4.68. The molecule has 1 aromatic heterocycles. The predicted octanol–water partition coefficient (Wildman–Crippen LogP) is 2.34. The van der Waals surface area contributed by atoms with Crippen LogP contribution in [0.15, 0.2) is 0 Å². The lowest BCUT2D eigenvalue weighted by Gasteiger charge is -2.22. The summed E-state index contributed by atoms with van der Waals surface area (Å²) in [6.45, 7) is 4.72. The zero-order valence-electron chi connectivity index (χ0n) is 12.0. The van der Waals surface area contributed by atoms with Crippen LogP contribution in [0.5, 0.6) is 0 Å². The Morgan fingerprint density at radius 2 is 2.20 bits per heavy atom. The van der Waals surface area contributed by atoms with Gasteiger partial charge in [0.1, 0.15) is 11.6 Å². The Morgan fingerprint density at radius 3 is 2.80 bits per heavy atom. The van der Waals surface area contributed by atoms with E-state index in [0.29, 0.717) is 18.0 Å². The number of hydrogen-bond donors (Lipinski definition) is 1. The maximum Gasteiger partial charge on any atom is 0.190 e. The van der Waals surface area contributed by atoms with Crippen LogP contribution in [0.1, 0.15) is 49.9 Å². The molecule has 0 saturated carbocycles. The third-order valence-corrected chi connectivity index (χ3v) is 3.38.